The Labute approximate surface area is 158 Å². The summed E-state index contributed by atoms with van der Waals surface area (Å²) in [5, 5.41) is 0. The van der Waals surface area contributed by atoms with Gasteiger partial charge in [0.15, 0.2) is 0 Å². The molecule has 2 fully saturated rings. The van der Waals surface area contributed by atoms with Crippen molar-refractivity contribution >= 4 is 0 Å². The molecule has 0 N–H and O–H groups in total. The van der Waals surface area contributed by atoms with Crippen LogP contribution < -0.4 is 0 Å². The molecule has 5 rings (SSSR count). The Hall–Kier alpha value is -1.60. The maximum absolute atomic E-state index is 3.00. The van der Waals surface area contributed by atoms with E-state index in [-0.39, 0.29) is 0 Å². The van der Waals surface area contributed by atoms with E-state index in [2.05, 4.69) is 53.4 Å². The second-order valence-corrected chi connectivity index (χ2v) is 8.61. The molecule has 1 nitrogen and oxygen atoms in total. The lowest BCUT2D eigenvalue weighted by molar-refractivity contribution is 0.0532. The first-order valence-electron chi connectivity index (χ1n) is 10.9. The van der Waals surface area contributed by atoms with Crippen molar-refractivity contribution in [3.8, 4) is 11.1 Å². The summed E-state index contributed by atoms with van der Waals surface area (Å²) in [5.41, 5.74) is 6.07. The first-order chi connectivity index (χ1) is 12.9. The van der Waals surface area contributed by atoms with Crippen LogP contribution in [0.25, 0.3) is 11.1 Å². The number of hydrogen-bond acceptors (Lipinski definition) is 1. The Morgan fingerprint density at radius 3 is 1.42 bits per heavy atom. The van der Waals surface area contributed by atoms with Gasteiger partial charge in [-0.1, -0.05) is 87.1 Å². The Bertz CT molecular complexity index is 689. The third-order valence-corrected chi connectivity index (χ3v) is 7.09. The van der Waals surface area contributed by atoms with E-state index in [0.29, 0.717) is 6.04 Å². The second kappa shape index (κ2) is 7.19. The second-order valence-electron chi connectivity index (χ2n) is 8.61. The third-order valence-electron chi connectivity index (χ3n) is 7.09. The lowest BCUT2D eigenvalue weighted by atomic mass is 9.85. The zero-order valence-electron chi connectivity index (χ0n) is 15.9. The normalized spacial score (nSPS) is 21.7. The first kappa shape index (κ1) is 16.6. The van der Waals surface area contributed by atoms with Crippen LogP contribution in [0.4, 0.5) is 0 Å². The molecule has 3 aliphatic rings. The van der Waals surface area contributed by atoms with Crippen LogP contribution in [-0.4, -0.2) is 17.0 Å². The molecule has 1 heteroatoms. The molecule has 2 aromatic carbocycles. The monoisotopic (exact) mass is 345 g/mol. The summed E-state index contributed by atoms with van der Waals surface area (Å²) >= 11 is 0. The van der Waals surface area contributed by atoms with Gasteiger partial charge in [-0.25, -0.2) is 0 Å². The fourth-order valence-electron chi connectivity index (χ4n) is 5.93. The average Bonchev–Trinajstić information content (AvgIpc) is 3.05. The number of hydrogen-bond donors (Lipinski definition) is 0. The minimum absolute atomic E-state index is 0.480. The van der Waals surface area contributed by atoms with E-state index >= 15 is 0 Å². The number of rotatable bonds is 3. The van der Waals surface area contributed by atoms with Crippen LogP contribution in [0.5, 0.6) is 0 Å². The molecular weight excluding hydrogens is 314 g/mol. The quantitative estimate of drug-likeness (QED) is 0.596. The van der Waals surface area contributed by atoms with Gasteiger partial charge >= 0.3 is 0 Å². The van der Waals surface area contributed by atoms with Crippen LogP contribution in [0, 0.1) is 0 Å². The van der Waals surface area contributed by atoms with Gasteiger partial charge in [0, 0.05) is 12.1 Å². The first-order valence-corrected chi connectivity index (χ1v) is 10.9. The fraction of sp³-hybridized carbons (Fsp3) is 0.520. The number of fused-ring (bicyclic) bond motifs is 3. The van der Waals surface area contributed by atoms with Crippen molar-refractivity contribution in [3.05, 3.63) is 59.7 Å². The maximum Gasteiger partial charge on any atom is 0.0618 e. The molecular formula is C25H31N. The highest BCUT2D eigenvalue weighted by atomic mass is 15.2. The predicted octanol–water partition coefficient (Wildman–Crippen LogP) is 6.72. The smallest absolute Gasteiger partial charge is 0.0618 e. The van der Waals surface area contributed by atoms with Crippen LogP contribution >= 0.6 is 0 Å². The minimum Gasteiger partial charge on any atom is -0.286 e. The van der Waals surface area contributed by atoms with Gasteiger partial charge in [-0.15, -0.1) is 0 Å². The van der Waals surface area contributed by atoms with Crippen molar-refractivity contribution in [1.29, 1.82) is 0 Å². The van der Waals surface area contributed by atoms with Crippen LogP contribution in [0.3, 0.4) is 0 Å². The van der Waals surface area contributed by atoms with Crippen molar-refractivity contribution in [1.82, 2.24) is 4.90 Å². The maximum atomic E-state index is 3.00. The molecule has 2 aromatic rings. The summed E-state index contributed by atoms with van der Waals surface area (Å²) in [6.45, 7) is 0. The van der Waals surface area contributed by atoms with Gasteiger partial charge in [0.05, 0.1) is 6.04 Å². The van der Waals surface area contributed by atoms with Gasteiger partial charge < -0.3 is 0 Å². The van der Waals surface area contributed by atoms with Gasteiger partial charge in [-0.3, -0.25) is 4.90 Å². The molecule has 26 heavy (non-hydrogen) atoms. The van der Waals surface area contributed by atoms with E-state index in [0.717, 1.165) is 12.1 Å². The molecule has 0 saturated heterocycles. The summed E-state index contributed by atoms with van der Waals surface area (Å²) in [6, 6.07) is 20.4. The Morgan fingerprint density at radius 2 is 0.962 bits per heavy atom. The standard InChI is InChI=1S/C25H31N/c1-3-11-19(12-4-1)26(20-13-5-2-6-14-20)25-23-17-9-7-15-21(23)22-16-8-10-18-24(22)25/h7-10,15-20,25H,1-6,11-14H2. The highest BCUT2D eigenvalue weighted by Crippen LogP contribution is 2.49. The molecule has 0 aliphatic heterocycles. The molecule has 0 atom stereocenters. The number of benzene rings is 2. The largest absolute Gasteiger partial charge is 0.286 e. The molecule has 0 bridgehead atoms. The molecule has 0 unspecified atom stereocenters. The zero-order chi connectivity index (χ0) is 17.3. The predicted molar refractivity (Wildman–Crippen MR) is 109 cm³/mol. The topological polar surface area (TPSA) is 3.24 Å². The molecule has 0 spiro atoms. The van der Waals surface area contributed by atoms with Crippen LogP contribution in [0.15, 0.2) is 48.5 Å². The Morgan fingerprint density at radius 1 is 0.538 bits per heavy atom. The van der Waals surface area contributed by atoms with E-state index in [4.69, 9.17) is 0 Å². The minimum atomic E-state index is 0.480. The van der Waals surface area contributed by atoms with Crippen molar-refractivity contribution in [3.63, 3.8) is 0 Å². The summed E-state index contributed by atoms with van der Waals surface area (Å²) < 4.78 is 0. The molecule has 3 aliphatic carbocycles. The molecule has 0 amide bonds. The molecule has 0 aromatic heterocycles. The van der Waals surface area contributed by atoms with E-state index in [1.165, 1.54) is 75.3 Å². The van der Waals surface area contributed by atoms with Crippen LogP contribution in [0.2, 0.25) is 0 Å². The summed E-state index contributed by atoms with van der Waals surface area (Å²) in [7, 11) is 0. The SMILES string of the molecule is c1ccc2c(c1)-c1ccccc1C2N(C1CCCCC1)C1CCCCC1. The molecule has 0 radical (unpaired) electrons. The van der Waals surface area contributed by atoms with E-state index in [1.807, 2.05) is 0 Å². The van der Waals surface area contributed by atoms with Crippen molar-refractivity contribution in [2.45, 2.75) is 82.3 Å². The van der Waals surface area contributed by atoms with Gasteiger partial charge in [-0.2, -0.15) is 0 Å². The summed E-state index contributed by atoms with van der Waals surface area (Å²) in [4.78, 5) is 3.00. The average molecular weight is 346 g/mol. The van der Waals surface area contributed by atoms with Crippen molar-refractivity contribution in [2.75, 3.05) is 0 Å². The lowest BCUT2D eigenvalue weighted by Crippen LogP contribution is -2.47. The Kier molecular flexibility index (Phi) is 4.58. The van der Waals surface area contributed by atoms with Crippen molar-refractivity contribution in [2.24, 2.45) is 0 Å². The van der Waals surface area contributed by atoms with Gasteiger partial charge in [0.2, 0.25) is 0 Å². The molecule has 136 valence electrons. The van der Waals surface area contributed by atoms with E-state index in [1.54, 1.807) is 11.1 Å². The van der Waals surface area contributed by atoms with Crippen molar-refractivity contribution < 1.29 is 0 Å². The van der Waals surface area contributed by atoms with E-state index < -0.39 is 0 Å². The van der Waals surface area contributed by atoms with Crippen LogP contribution in [-0.2, 0) is 0 Å². The van der Waals surface area contributed by atoms with Gasteiger partial charge in [0.1, 0.15) is 0 Å². The van der Waals surface area contributed by atoms with E-state index in [9.17, 15) is 0 Å². The third kappa shape index (κ3) is 2.81. The highest BCUT2D eigenvalue weighted by molar-refractivity contribution is 5.78. The zero-order valence-corrected chi connectivity index (χ0v) is 15.9. The highest BCUT2D eigenvalue weighted by Gasteiger charge is 2.40. The molecule has 2 saturated carbocycles. The Balaban J connectivity index is 1.61. The van der Waals surface area contributed by atoms with Gasteiger partial charge in [-0.05, 0) is 47.9 Å². The summed E-state index contributed by atoms with van der Waals surface area (Å²) in [6.07, 6.45) is 14.2. The fourth-order valence-corrected chi connectivity index (χ4v) is 5.93. The summed E-state index contributed by atoms with van der Waals surface area (Å²) in [5.74, 6) is 0. The molecule has 0 heterocycles. The lowest BCUT2D eigenvalue weighted by Gasteiger charge is -2.45. The van der Waals surface area contributed by atoms with Crippen LogP contribution in [0.1, 0.15) is 81.4 Å². The van der Waals surface area contributed by atoms with Gasteiger partial charge in [0.25, 0.3) is 0 Å². The number of nitrogens with zero attached hydrogens (tertiary/aromatic N) is 1.